The van der Waals surface area contributed by atoms with Gasteiger partial charge in [0.25, 0.3) is 0 Å². The molecule has 1 aromatic rings. The van der Waals surface area contributed by atoms with E-state index in [1.807, 2.05) is 19.3 Å². The number of aryl methyl sites for hydroxylation is 2. The van der Waals surface area contributed by atoms with E-state index in [2.05, 4.69) is 4.74 Å². The van der Waals surface area contributed by atoms with Crippen molar-refractivity contribution in [3.63, 3.8) is 0 Å². The number of carbonyl (C=O) groups excluding carboxylic acids is 1. The molecular weight excluding hydrogens is 192 g/mol. The number of unbranched alkanes of at least 4 members (excludes halogenated alkanes) is 1. The Morgan fingerprint density at radius 1 is 1.53 bits per heavy atom. The van der Waals surface area contributed by atoms with Crippen LogP contribution in [0, 0.1) is 0 Å². The Morgan fingerprint density at radius 3 is 2.87 bits per heavy atom. The molecule has 0 aliphatic carbocycles. The van der Waals surface area contributed by atoms with Gasteiger partial charge in [-0.1, -0.05) is 0 Å². The van der Waals surface area contributed by atoms with E-state index >= 15 is 0 Å². The summed E-state index contributed by atoms with van der Waals surface area (Å²) in [5, 5.41) is 0. The van der Waals surface area contributed by atoms with Crippen molar-refractivity contribution >= 4 is 5.97 Å². The van der Waals surface area contributed by atoms with Gasteiger partial charge in [0, 0.05) is 13.2 Å². The average molecular weight is 210 g/mol. The predicted octanol–water partition coefficient (Wildman–Crippen LogP) is 1.09. The van der Waals surface area contributed by atoms with Crippen molar-refractivity contribution in [3.8, 4) is 0 Å². The molecule has 0 aromatic carbocycles. The molecule has 0 amide bonds. The predicted molar refractivity (Wildman–Crippen MR) is 58.7 cm³/mol. The molecule has 2 N–H and O–H groups in total. The molecule has 0 spiro atoms. The summed E-state index contributed by atoms with van der Waals surface area (Å²) >= 11 is 0. The number of carbonyl (C=O) groups is 1. The molecule has 15 heavy (non-hydrogen) atoms. The maximum atomic E-state index is 11.3. The topological polar surface area (TPSA) is 57.2 Å². The lowest BCUT2D eigenvalue weighted by molar-refractivity contribution is 0.0590. The molecule has 0 fully saturated rings. The average Bonchev–Trinajstić information content (AvgIpc) is 2.59. The molecule has 0 aliphatic rings. The fourth-order valence-electron chi connectivity index (χ4n) is 1.55. The summed E-state index contributed by atoms with van der Waals surface area (Å²) in [5.74, 6) is -0.289. The van der Waals surface area contributed by atoms with Crippen LogP contribution >= 0.6 is 0 Å². The molecule has 0 bridgehead atoms. The first kappa shape index (κ1) is 11.8. The summed E-state index contributed by atoms with van der Waals surface area (Å²) in [4.78, 5) is 11.3. The summed E-state index contributed by atoms with van der Waals surface area (Å²) in [6.45, 7) is 0.719. The Hall–Kier alpha value is -1.29. The summed E-state index contributed by atoms with van der Waals surface area (Å²) in [5.41, 5.74) is 7.17. The highest BCUT2D eigenvalue weighted by Gasteiger charge is 2.11. The Kier molecular flexibility index (Phi) is 4.37. The first-order valence-corrected chi connectivity index (χ1v) is 5.12. The van der Waals surface area contributed by atoms with Crippen LogP contribution in [0.25, 0.3) is 0 Å². The Bertz CT molecular complexity index is 331. The maximum absolute atomic E-state index is 11.3. The van der Waals surface area contributed by atoms with Crippen LogP contribution in [0.15, 0.2) is 12.3 Å². The third-order valence-electron chi connectivity index (χ3n) is 2.38. The molecule has 0 aliphatic heterocycles. The van der Waals surface area contributed by atoms with Gasteiger partial charge < -0.3 is 15.0 Å². The van der Waals surface area contributed by atoms with Gasteiger partial charge in [-0.05, 0) is 37.4 Å². The van der Waals surface area contributed by atoms with E-state index in [4.69, 9.17) is 5.73 Å². The molecule has 1 rings (SSSR count). The second kappa shape index (κ2) is 5.56. The van der Waals surface area contributed by atoms with Gasteiger partial charge in [-0.3, -0.25) is 0 Å². The molecule has 84 valence electrons. The third-order valence-corrected chi connectivity index (χ3v) is 2.38. The fourth-order valence-corrected chi connectivity index (χ4v) is 1.55. The number of hydrogen-bond acceptors (Lipinski definition) is 3. The number of rotatable bonds is 5. The van der Waals surface area contributed by atoms with Crippen LogP contribution in [-0.2, 0) is 18.2 Å². The van der Waals surface area contributed by atoms with Crippen LogP contribution in [0.4, 0.5) is 0 Å². The van der Waals surface area contributed by atoms with Gasteiger partial charge in [0.15, 0.2) is 0 Å². The van der Waals surface area contributed by atoms with E-state index in [1.165, 1.54) is 7.11 Å². The second-order valence-corrected chi connectivity index (χ2v) is 3.58. The van der Waals surface area contributed by atoms with Crippen LogP contribution in [0.5, 0.6) is 0 Å². The number of aromatic nitrogens is 1. The van der Waals surface area contributed by atoms with Gasteiger partial charge in [-0.2, -0.15) is 0 Å². The molecular formula is C11H18N2O2. The SMILES string of the molecule is COC(=O)c1cc(CCCCN)cn1C. The van der Waals surface area contributed by atoms with Gasteiger partial charge in [0.05, 0.1) is 7.11 Å². The number of nitrogens with zero attached hydrogens (tertiary/aromatic N) is 1. The van der Waals surface area contributed by atoms with Gasteiger partial charge in [-0.25, -0.2) is 4.79 Å². The van der Waals surface area contributed by atoms with E-state index in [1.54, 1.807) is 4.57 Å². The lowest BCUT2D eigenvalue weighted by Crippen LogP contribution is -2.06. The second-order valence-electron chi connectivity index (χ2n) is 3.58. The van der Waals surface area contributed by atoms with Crippen molar-refractivity contribution in [2.45, 2.75) is 19.3 Å². The van der Waals surface area contributed by atoms with Crippen molar-refractivity contribution in [2.24, 2.45) is 12.8 Å². The van der Waals surface area contributed by atoms with Crippen LogP contribution in [-0.4, -0.2) is 24.2 Å². The minimum absolute atomic E-state index is 0.289. The zero-order chi connectivity index (χ0) is 11.3. The maximum Gasteiger partial charge on any atom is 0.354 e. The highest BCUT2D eigenvalue weighted by Crippen LogP contribution is 2.11. The number of hydrogen-bond donors (Lipinski definition) is 1. The van der Waals surface area contributed by atoms with E-state index in [-0.39, 0.29) is 5.97 Å². The molecule has 0 unspecified atom stereocenters. The third kappa shape index (κ3) is 3.09. The monoisotopic (exact) mass is 210 g/mol. The molecule has 1 aromatic heterocycles. The van der Waals surface area contributed by atoms with Crippen molar-refractivity contribution in [2.75, 3.05) is 13.7 Å². The fraction of sp³-hybridized carbons (Fsp3) is 0.545. The zero-order valence-corrected chi connectivity index (χ0v) is 9.32. The van der Waals surface area contributed by atoms with E-state index in [0.717, 1.165) is 31.4 Å². The Balaban J connectivity index is 2.64. The lowest BCUT2D eigenvalue weighted by Gasteiger charge is -1.98. The van der Waals surface area contributed by atoms with Crippen LogP contribution in [0.1, 0.15) is 28.9 Å². The molecule has 4 nitrogen and oxygen atoms in total. The Morgan fingerprint density at radius 2 is 2.27 bits per heavy atom. The van der Waals surface area contributed by atoms with Crippen LogP contribution in [0.3, 0.4) is 0 Å². The highest BCUT2D eigenvalue weighted by molar-refractivity contribution is 5.87. The normalized spacial score (nSPS) is 10.3. The van der Waals surface area contributed by atoms with Crippen molar-refractivity contribution < 1.29 is 9.53 Å². The van der Waals surface area contributed by atoms with Crippen molar-refractivity contribution in [1.82, 2.24) is 4.57 Å². The number of nitrogens with two attached hydrogens (primary N) is 1. The molecule has 0 saturated carbocycles. The standard InChI is InChI=1S/C11H18N2O2/c1-13-8-9(5-3-4-6-12)7-10(13)11(14)15-2/h7-8H,3-6,12H2,1-2H3. The largest absolute Gasteiger partial charge is 0.464 e. The van der Waals surface area contributed by atoms with E-state index in [0.29, 0.717) is 5.69 Å². The zero-order valence-electron chi connectivity index (χ0n) is 9.32. The first-order valence-electron chi connectivity index (χ1n) is 5.12. The number of esters is 1. The van der Waals surface area contributed by atoms with E-state index in [9.17, 15) is 4.79 Å². The van der Waals surface area contributed by atoms with Gasteiger partial charge >= 0.3 is 5.97 Å². The van der Waals surface area contributed by atoms with Gasteiger partial charge in [0.2, 0.25) is 0 Å². The smallest absolute Gasteiger partial charge is 0.354 e. The summed E-state index contributed by atoms with van der Waals surface area (Å²) in [7, 11) is 3.24. The highest BCUT2D eigenvalue weighted by atomic mass is 16.5. The van der Waals surface area contributed by atoms with Gasteiger partial charge in [0.1, 0.15) is 5.69 Å². The number of methoxy groups -OCH3 is 1. The minimum atomic E-state index is -0.289. The quantitative estimate of drug-likeness (QED) is 0.584. The molecule has 1 heterocycles. The summed E-state index contributed by atoms with van der Waals surface area (Å²) in [6.07, 6.45) is 4.99. The molecule has 0 saturated heterocycles. The molecule has 0 atom stereocenters. The van der Waals surface area contributed by atoms with Crippen LogP contribution in [0.2, 0.25) is 0 Å². The van der Waals surface area contributed by atoms with Crippen molar-refractivity contribution in [1.29, 1.82) is 0 Å². The minimum Gasteiger partial charge on any atom is -0.464 e. The first-order chi connectivity index (χ1) is 7.19. The van der Waals surface area contributed by atoms with Crippen molar-refractivity contribution in [3.05, 3.63) is 23.5 Å². The van der Waals surface area contributed by atoms with Gasteiger partial charge in [-0.15, -0.1) is 0 Å². The number of ether oxygens (including phenoxy) is 1. The van der Waals surface area contributed by atoms with E-state index < -0.39 is 0 Å². The molecule has 0 radical (unpaired) electrons. The summed E-state index contributed by atoms with van der Waals surface area (Å²) < 4.78 is 6.47. The molecule has 4 heteroatoms. The summed E-state index contributed by atoms with van der Waals surface area (Å²) in [6, 6.07) is 1.88. The Labute approximate surface area is 90.0 Å². The lowest BCUT2D eigenvalue weighted by atomic mass is 10.1. The van der Waals surface area contributed by atoms with Crippen LogP contribution < -0.4 is 5.73 Å².